The standard InChI is InChI=1S/C20H29BrS.H3N/c1-9-17-15(5)14(4)16(6)20(17)22(7,8)19-13(3)10-12(2)11-18(19)21;/h10-11,20H,9H2,1-8H3;1H3. The van der Waals surface area contributed by atoms with Gasteiger partial charge in [-0.1, -0.05) is 24.1 Å². The maximum Gasteiger partial charge on any atom is 0.0351 e. The van der Waals surface area contributed by atoms with E-state index in [1.54, 1.807) is 11.1 Å². The number of aryl methyl sites for hydroxylation is 2. The molecule has 0 fully saturated rings. The van der Waals surface area contributed by atoms with Gasteiger partial charge in [-0.2, -0.15) is 0 Å². The van der Waals surface area contributed by atoms with Crippen LogP contribution >= 0.6 is 26.0 Å². The molecule has 0 amide bonds. The van der Waals surface area contributed by atoms with Gasteiger partial charge in [-0.15, -0.1) is 0 Å². The van der Waals surface area contributed by atoms with Crippen molar-refractivity contribution < 1.29 is 0 Å². The summed E-state index contributed by atoms with van der Waals surface area (Å²) < 4.78 is 1.29. The number of allylic oxidation sites excluding steroid dienone is 2. The Kier molecular flexibility index (Phi) is 6.40. The van der Waals surface area contributed by atoms with Crippen LogP contribution in [-0.4, -0.2) is 17.8 Å². The van der Waals surface area contributed by atoms with Crippen molar-refractivity contribution in [2.75, 3.05) is 12.5 Å². The van der Waals surface area contributed by atoms with Gasteiger partial charge in [0.1, 0.15) is 0 Å². The first-order valence-corrected chi connectivity index (χ1v) is 11.3. The summed E-state index contributed by atoms with van der Waals surface area (Å²) >= 11 is 3.86. The average molecular weight is 398 g/mol. The predicted molar refractivity (Wildman–Crippen MR) is 111 cm³/mol. The third-order valence-corrected chi connectivity index (χ3v) is 9.51. The minimum absolute atomic E-state index is 0. The first kappa shape index (κ1) is 20.5. The topological polar surface area (TPSA) is 35.0 Å². The summed E-state index contributed by atoms with van der Waals surface area (Å²) in [4.78, 5) is 1.54. The van der Waals surface area contributed by atoms with Crippen molar-refractivity contribution in [3.63, 3.8) is 0 Å². The van der Waals surface area contributed by atoms with E-state index in [-0.39, 0.29) is 6.15 Å². The molecule has 23 heavy (non-hydrogen) atoms. The van der Waals surface area contributed by atoms with Gasteiger partial charge < -0.3 is 6.15 Å². The summed E-state index contributed by atoms with van der Waals surface area (Å²) in [6.45, 7) is 13.7. The smallest absolute Gasteiger partial charge is 0.0351 e. The van der Waals surface area contributed by atoms with Crippen LogP contribution in [0, 0.1) is 13.8 Å². The molecule has 0 spiro atoms. The lowest BCUT2D eigenvalue weighted by Crippen LogP contribution is -2.20. The molecular formula is C20H32BrNS. The van der Waals surface area contributed by atoms with Crippen molar-refractivity contribution in [2.24, 2.45) is 0 Å². The molecule has 0 aromatic heterocycles. The first-order chi connectivity index (χ1) is 10.1. The molecule has 130 valence electrons. The molecule has 1 unspecified atom stereocenters. The fourth-order valence-corrected chi connectivity index (χ4v) is 9.85. The van der Waals surface area contributed by atoms with Gasteiger partial charge in [-0.05, 0) is 97.8 Å². The molecule has 0 saturated heterocycles. The highest BCUT2D eigenvalue weighted by Crippen LogP contribution is 2.64. The second-order valence-corrected chi connectivity index (χ2v) is 11.5. The Hall–Kier alpha value is -0.510. The van der Waals surface area contributed by atoms with E-state index in [4.69, 9.17) is 0 Å². The number of hydrogen-bond donors (Lipinski definition) is 1. The van der Waals surface area contributed by atoms with Crippen LogP contribution in [0.4, 0.5) is 0 Å². The highest BCUT2D eigenvalue weighted by Gasteiger charge is 2.37. The van der Waals surface area contributed by atoms with Crippen molar-refractivity contribution in [3.05, 3.63) is 50.0 Å². The molecule has 1 aliphatic carbocycles. The number of benzene rings is 1. The SMILES string of the molecule is CCC1=C(C)C(C)=C(C)C1S(C)(C)c1c(C)cc(C)cc1Br.N. The molecular weight excluding hydrogens is 366 g/mol. The molecule has 1 atom stereocenters. The van der Waals surface area contributed by atoms with E-state index < -0.39 is 10.0 Å². The van der Waals surface area contributed by atoms with Crippen molar-refractivity contribution in [2.45, 2.75) is 58.1 Å². The van der Waals surface area contributed by atoms with Crippen LogP contribution in [-0.2, 0) is 0 Å². The summed E-state index contributed by atoms with van der Waals surface area (Å²) in [6, 6.07) is 4.61. The second kappa shape index (κ2) is 7.16. The van der Waals surface area contributed by atoms with Gasteiger partial charge in [0.15, 0.2) is 0 Å². The molecule has 0 saturated carbocycles. The Morgan fingerprint density at radius 1 is 1.00 bits per heavy atom. The lowest BCUT2D eigenvalue weighted by atomic mass is 10.1. The van der Waals surface area contributed by atoms with E-state index in [0.29, 0.717) is 5.25 Å². The van der Waals surface area contributed by atoms with Gasteiger partial charge in [0, 0.05) is 14.6 Å². The Balaban J connectivity index is 0.00000264. The molecule has 1 aromatic carbocycles. The molecule has 2 rings (SSSR count). The van der Waals surface area contributed by atoms with Crippen molar-refractivity contribution in [1.29, 1.82) is 0 Å². The fourth-order valence-electron chi connectivity index (χ4n) is 4.13. The van der Waals surface area contributed by atoms with Gasteiger partial charge in [-0.3, -0.25) is 0 Å². The Morgan fingerprint density at radius 2 is 1.57 bits per heavy atom. The van der Waals surface area contributed by atoms with Crippen LogP contribution in [0.15, 0.2) is 43.8 Å². The zero-order valence-electron chi connectivity index (χ0n) is 15.9. The highest BCUT2D eigenvalue weighted by molar-refractivity contribution is 9.10. The quantitative estimate of drug-likeness (QED) is 0.579. The summed E-state index contributed by atoms with van der Waals surface area (Å²) in [7, 11) is -0.956. The third-order valence-electron chi connectivity index (χ3n) is 5.22. The summed E-state index contributed by atoms with van der Waals surface area (Å²) in [5.41, 5.74) is 9.05. The molecule has 0 bridgehead atoms. The molecule has 3 N–H and O–H groups in total. The number of rotatable bonds is 3. The van der Waals surface area contributed by atoms with Crippen molar-refractivity contribution in [1.82, 2.24) is 6.15 Å². The molecule has 0 radical (unpaired) electrons. The summed E-state index contributed by atoms with van der Waals surface area (Å²) in [5.74, 6) is 0. The largest absolute Gasteiger partial charge is 0.344 e. The minimum atomic E-state index is -0.956. The van der Waals surface area contributed by atoms with Gasteiger partial charge in [0.05, 0.1) is 0 Å². The van der Waals surface area contributed by atoms with Crippen molar-refractivity contribution >= 4 is 26.0 Å². The zero-order valence-corrected chi connectivity index (χ0v) is 18.3. The van der Waals surface area contributed by atoms with Crippen LogP contribution in [0.1, 0.15) is 45.2 Å². The Morgan fingerprint density at radius 3 is 2.04 bits per heavy atom. The molecule has 0 heterocycles. The minimum Gasteiger partial charge on any atom is -0.344 e. The zero-order chi connectivity index (χ0) is 16.8. The van der Waals surface area contributed by atoms with E-state index in [2.05, 4.69) is 82.1 Å². The Bertz CT molecular complexity index is 660. The molecule has 3 heteroatoms. The molecule has 1 nitrogen and oxygen atoms in total. The van der Waals surface area contributed by atoms with Crippen molar-refractivity contribution in [3.8, 4) is 0 Å². The third kappa shape index (κ3) is 3.33. The Labute approximate surface area is 152 Å². The highest BCUT2D eigenvalue weighted by atomic mass is 79.9. The van der Waals surface area contributed by atoms with E-state index in [1.807, 2.05) is 0 Å². The lowest BCUT2D eigenvalue weighted by Gasteiger charge is -2.43. The van der Waals surface area contributed by atoms with Gasteiger partial charge in [-0.25, -0.2) is 10.0 Å². The average Bonchev–Trinajstić information content (AvgIpc) is 2.61. The molecule has 1 aliphatic rings. The maximum atomic E-state index is 3.86. The molecule has 1 aromatic rings. The van der Waals surface area contributed by atoms with Gasteiger partial charge in [0.2, 0.25) is 0 Å². The van der Waals surface area contributed by atoms with E-state index in [9.17, 15) is 0 Å². The first-order valence-electron chi connectivity index (χ1n) is 7.99. The van der Waals surface area contributed by atoms with Crippen LogP contribution < -0.4 is 6.15 Å². The lowest BCUT2D eigenvalue weighted by molar-refractivity contribution is 1.00. The fraction of sp³-hybridized carbons (Fsp3) is 0.500. The normalized spacial score (nSPS) is 19.3. The monoisotopic (exact) mass is 397 g/mol. The number of halogens is 1. The molecule has 0 aliphatic heterocycles. The van der Waals surface area contributed by atoms with Crippen LogP contribution in [0.2, 0.25) is 0 Å². The van der Waals surface area contributed by atoms with E-state index in [0.717, 1.165) is 6.42 Å². The summed E-state index contributed by atoms with van der Waals surface area (Å²) in [5, 5.41) is 0.593. The summed E-state index contributed by atoms with van der Waals surface area (Å²) in [6.07, 6.45) is 6.14. The van der Waals surface area contributed by atoms with E-state index >= 15 is 0 Å². The van der Waals surface area contributed by atoms with Gasteiger partial charge in [0.25, 0.3) is 0 Å². The second-order valence-electron chi connectivity index (χ2n) is 6.99. The van der Waals surface area contributed by atoms with Crippen LogP contribution in [0.3, 0.4) is 0 Å². The van der Waals surface area contributed by atoms with E-state index in [1.165, 1.54) is 31.6 Å². The van der Waals surface area contributed by atoms with Gasteiger partial charge >= 0.3 is 0 Å². The predicted octanol–water partition coefficient (Wildman–Crippen LogP) is 7.10. The van der Waals surface area contributed by atoms with Crippen LogP contribution in [0.5, 0.6) is 0 Å². The maximum absolute atomic E-state index is 3.86. The number of hydrogen-bond acceptors (Lipinski definition) is 1. The van der Waals surface area contributed by atoms with Crippen LogP contribution in [0.25, 0.3) is 0 Å².